The van der Waals surface area contributed by atoms with Crippen LogP contribution in [0.15, 0.2) is 34.7 Å². The number of nitrogens with one attached hydrogen (secondary N) is 2. The minimum Gasteiger partial charge on any atom is -0.475 e. The molecule has 7 nitrogen and oxygen atoms in total. The number of rotatable bonds is 5. The smallest absolute Gasteiger partial charge is 0.475 e. The summed E-state index contributed by atoms with van der Waals surface area (Å²) in [5.74, 6) is -2.36. The fraction of sp³-hybridized carbons (Fsp3) is 0.412. The minimum atomic E-state index is -5.08. The zero-order valence-electron chi connectivity index (χ0n) is 15.6. The van der Waals surface area contributed by atoms with Gasteiger partial charge in [-0.3, -0.25) is 0 Å². The average molecular weight is 486 g/mol. The Morgan fingerprint density at radius 3 is 2.53 bits per heavy atom. The van der Waals surface area contributed by atoms with Crippen molar-refractivity contribution in [2.24, 2.45) is 5.92 Å². The number of benzene rings is 1. The van der Waals surface area contributed by atoms with E-state index in [9.17, 15) is 21.6 Å². The van der Waals surface area contributed by atoms with E-state index in [2.05, 4.69) is 22.5 Å². The summed E-state index contributed by atoms with van der Waals surface area (Å²) in [6.45, 7) is 4.01. The van der Waals surface area contributed by atoms with E-state index in [-0.39, 0.29) is 10.6 Å². The Bertz CT molecular complexity index is 969. The average Bonchev–Trinajstić information content (AvgIpc) is 3.28. The van der Waals surface area contributed by atoms with E-state index < -0.39 is 22.0 Å². The van der Waals surface area contributed by atoms with Crippen molar-refractivity contribution < 1.29 is 31.5 Å². The number of hydrogen-bond donors (Lipinski definition) is 3. The summed E-state index contributed by atoms with van der Waals surface area (Å²) < 4.78 is 56.6. The topological polar surface area (TPSA) is 108 Å². The molecule has 166 valence electrons. The number of carboxylic acid groups (broad SMARTS) is 1. The van der Waals surface area contributed by atoms with Gasteiger partial charge in [0, 0.05) is 24.2 Å². The first-order chi connectivity index (χ1) is 13.9. The van der Waals surface area contributed by atoms with Crippen LogP contribution in [0.4, 0.5) is 18.9 Å². The molecule has 30 heavy (non-hydrogen) atoms. The van der Waals surface area contributed by atoms with Gasteiger partial charge in [-0.1, -0.05) is 18.5 Å². The van der Waals surface area contributed by atoms with Gasteiger partial charge in [0.05, 0.1) is 15.6 Å². The van der Waals surface area contributed by atoms with Gasteiger partial charge in [-0.05, 0) is 30.7 Å². The molecule has 1 saturated heterocycles. The van der Waals surface area contributed by atoms with Gasteiger partial charge >= 0.3 is 12.1 Å². The van der Waals surface area contributed by atoms with Gasteiger partial charge in [0.2, 0.25) is 0 Å². The summed E-state index contributed by atoms with van der Waals surface area (Å²) in [5.41, 5.74) is 0.764. The highest BCUT2D eigenvalue weighted by atomic mass is 35.5. The van der Waals surface area contributed by atoms with Crippen molar-refractivity contribution >= 4 is 44.4 Å². The Morgan fingerprint density at radius 2 is 2.07 bits per heavy atom. The molecule has 2 aromatic rings. The lowest BCUT2D eigenvalue weighted by Gasteiger charge is -2.19. The van der Waals surface area contributed by atoms with Crippen molar-refractivity contribution in [2.45, 2.75) is 29.8 Å². The molecule has 1 aromatic carbocycles. The second-order valence-corrected chi connectivity index (χ2v) is 9.89. The second-order valence-electron chi connectivity index (χ2n) is 6.52. The van der Waals surface area contributed by atoms with Gasteiger partial charge in [0.1, 0.15) is 10.8 Å². The molecule has 0 saturated carbocycles. The van der Waals surface area contributed by atoms with Gasteiger partial charge in [-0.15, -0.1) is 11.3 Å². The Labute approximate surface area is 180 Å². The molecule has 2 atom stereocenters. The number of alkyl halides is 3. The maximum atomic E-state index is 12.4. The Hall–Kier alpha value is -1.89. The van der Waals surface area contributed by atoms with Crippen LogP contribution in [-0.2, 0) is 20.4 Å². The first-order valence-corrected chi connectivity index (χ1v) is 11.5. The van der Waals surface area contributed by atoms with Crippen LogP contribution < -0.4 is 10.6 Å². The Kier molecular flexibility index (Phi) is 8.08. The zero-order valence-corrected chi connectivity index (χ0v) is 18.0. The molecule has 2 heterocycles. The summed E-state index contributed by atoms with van der Waals surface area (Å²) in [7, 11) is -3.44. The van der Waals surface area contributed by atoms with E-state index in [1.165, 1.54) is 17.4 Å². The lowest BCUT2D eigenvalue weighted by atomic mass is 10.1. The highest BCUT2D eigenvalue weighted by molar-refractivity contribution is 7.90. The molecule has 3 rings (SSSR count). The molecule has 1 aliphatic rings. The molecule has 3 N–H and O–H groups in total. The van der Waals surface area contributed by atoms with Gasteiger partial charge in [-0.2, -0.15) is 13.2 Å². The van der Waals surface area contributed by atoms with Gasteiger partial charge in [0.15, 0.2) is 9.84 Å². The molecule has 1 aromatic heterocycles. The van der Waals surface area contributed by atoms with E-state index in [4.69, 9.17) is 21.5 Å². The predicted octanol–water partition coefficient (Wildman–Crippen LogP) is 3.42. The van der Waals surface area contributed by atoms with Crippen LogP contribution in [0, 0.1) is 5.92 Å². The number of anilines is 1. The standard InChI is InChI=1S/C15H18ClN3O2S2.C2HF3O2/c1-10-7-17-8-14(10)19-13-3-2-11(6-12(13)16)23(20,21)9-15-18-4-5-22-15;3-2(4,5)1(6)7/h2-6,10,14,17,19H,7-9H2,1H3;(H,6,7)/t10-,14?;/m1./s1. The van der Waals surface area contributed by atoms with E-state index in [1.807, 2.05) is 0 Å². The normalized spacial score (nSPS) is 19.1. The van der Waals surface area contributed by atoms with Crippen molar-refractivity contribution in [1.29, 1.82) is 0 Å². The summed E-state index contributed by atoms with van der Waals surface area (Å²) in [6, 6.07) is 5.15. The van der Waals surface area contributed by atoms with Crippen molar-refractivity contribution in [3.05, 3.63) is 39.8 Å². The van der Waals surface area contributed by atoms with Gasteiger partial charge < -0.3 is 15.7 Å². The minimum absolute atomic E-state index is 0.0999. The Balaban J connectivity index is 0.000000396. The van der Waals surface area contributed by atoms with Crippen molar-refractivity contribution in [3.8, 4) is 0 Å². The fourth-order valence-corrected chi connectivity index (χ4v) is 5.16. The number of aliphatic carboxylic acids is 1. The van der Waals surface area contributed by atoms with Crippen LogP contribution in [0.5, 0.6) is 0 Å². The lowest BCUT2D eigenvalue weighted by molar-refractivity contribution is -0.192. The maximum absolute atomic E-state index is 12.4. The molecule has 13 heteroatoms. The SMILES string of the molecule is C[C@@H]1CNCC1Nc1ccc(S(=O)(=O)Cc2nccs2)cc1Cl.O=C(O)C(F)(F)F. The molecule has 1 fully saturated rings. The summed E-state index contributed by atoms with van der Waals surface area (Å²) >= 11 is 7.61. The van der Waals surface area contributed by atoms with E-state index in [0.717, 1.165) is 18.8 Å². The number of thiazole rings is 1. The van der Waals surface area contributed by atoms with E-state index in [1.54, 1.807) is 23.7 Å². The first kappa shape index (κ1) is 24.4. The number of hydrogen-bond acceptors (Lipinski definition) is 7. The third-order valence-electron chi connectivity index (χ3n) is 4.20. The highest BCUT2D eigenvalue weighted by Crippen LogP contribution is 2.29. The zero-order chi connectivity index (χ0) is 22.5. The van der Waals surface area contributed by atoms with Crippen molar-refractivity contribution in [2.75, 3.05) is 18.4 Å². The van der Waals surface area contributed by atoms with Crippen LogP contribution in [-0.4, -0.2) is 49.8 Å². The summed E-state index contributed by atoms with van der Waals surface area (Å²) in [4.78, 5) is 13.1. The third kappa shape index (κ3) is 6.83. The summed E-state index contributed by atoms with van der Waals surface area (Å²) in [5, 5.41) is 16.6. The van der Waals surface area contributed by atoms with Crippen molar-refractivity contribution in [3.63, 3.8) is 0 Å². The van der Waals surface area contributed by atoms with E-state index >= 15 is 0 Å². The molecule has 0 bridgehead atoms. The third-order valence-corrected chi connectivity index (χ3v) is 7.10. The summed E-state index contributed by atoms with van der Waals surface area (Å²) in [6.07, 6.45) is -3.48. The number of aromatic nitrogens is 1. The number of carbonyl (C=O) groups is 1. The molecule has 0 radical (unpaired) electrons. The monoisotopic (exact) mass is 485 g/mol. The number of carboxylic acids is 1. The van der Waals surface area contributed by atoms with E-state index in [0.29, 0.717) is 22.0 Å². The molecule has 0 aliphatic carbocycles. The van der Waals surface area contributed by atoms with Crippen LogP contribution in [0.1, 0.15) is 11.9 Å². The molecule has 1 unspecified atom stereocenters. The van der Waals surface area contributed by atoms with Crippen LogP contribution in [0.2, 0.25) is 5.02 Å². The molecule has 0 spiro atoms. The fourth-order valence-electron chi connectivity index (χ4n) is 2.58. The van der Waals surface area contributed by atoms with Gasteiger partial charge in [-0.25, -0.2) is 18.2 Å². The van der Waals surface area contributed by atoms with Crippen LogP contribution in [0.3, 0.4) is 0 Å². The maximum Gasteiger partial charge on any atom is 0.490 e. The molecular formula is C17H19ClF3N3O4S2. The number of sulfone groups is 1. The van der Waals surface area contributed by atoms with Crippen molar-refractivity contribution in [1.82, 2.24) is 10.3 Å². The van der Waals surface area contributed by atoms with Crippen LogP contribution in [0.25, 0.3) is 0 Å². The van der Waals surface area contributed by atoms with Crippen LogP contribution >= 0.6 is 22.9 Å². The Morgan fingerprint density at radius 1 is 1.40 bits per heavy atom. The predicted molar refractivity (Wildman–Crippen MR) is 108 cm³/mol. The second kappa shape index (κ2) is 9.94. The molecule has 0 amide bonds. The largest absolute Gasteiger partial charge is 0.490 e. The quantitative estimate of drug-likeness (QED) is 0.595. The first-order valence-electron chi connectivity index (χ1n) is 8.58. The lowest BCUT2D eigenvalue weighted by Crippen LogP contribution is -2.26. The number of nitrogens with zero attached hydrogens (tertiary/aromatic N) is 1. The molecule has 1 aliphatic heterocycles. The number of halogens is 4. The van der Waals surface area contributed by atoms with Gasteiger partial charge in [0.25, 0.3) is 0 Å². The highest BCUT2D eigenvalue weighted by Gasteiger charge is 2.38. The molecular weight excluding hydrogens is 467 g/mol.